The van der Waals surface area contributed by atoms with E-state index in [1.54, 1.807) is 13.0 Å². The van der Waals surface area contributed by atoms with Crippen LogP contribution < -0.4 is 5.32 Å². The molecule has 11 heteroatoms. The molecule has 0 radical (unpaired) electrons. The van der Waals surface area contributed by atoms with E-state index in [0.29, 0.717) is 5.69 Å². The molecule has 2 atom stereocenters. The summed E-state index contributed by atoms with van der Waals surface area (Å²) >= 11 is 12.7. The van der Waals surface area contributed by atoms with Gasteiger partial charge in [-0.1, -0.05) is 29.3 Å². The number of fused-ring (bicyclic) bond motifs is 3. The number of benzene rings is 2. The van der Waals surface area contributed by atoms with Crippen molar-refractivity contribution in [1.82, 2.24) is 20.1 Å². The van der Waals surface area contributed by atoms with Crippen LogP contribution in [0.2, 0.25) is 10.0 Å². The van der Waals surface area contributed by atoms with Crippen molar-refractivity contribution >= 4 is 34.8 Å². The molecular weight excluding hydrogens is 463 g/mol. The fourth-order valence-corrected chi connectivity index (χ4v) is 3.77. The van der Waals surface area contributed by atoms with E-state index in [4.69, 9.17) is 23.2 Å². The number of aromatic nitrogens is 3. The number of nitrogens with one attached hydrogen (secondary N) is 1. The van der Waals surface area contributed by atoms with Gasteiger partial charge in [-0.15, -0.1) is 5.10 Å². The molecule has 2 aromatic carbocycles. The highest BCUT2D eigenvalue weighted by Crippen LogP contribution is 2.37. The molecule has 0 aliphatic carbocycles. The standard InChI is InChI=1S/C21H17Cl2F2N5O2/c1-9(31)8-26-21(32)19-28-20-10(2)27-18(15-12(24)4-3-5-13(15)25)16-14(30(20)29-19)7-6-11(22)17(16)23/h3-7,9-10,31H,8H2,1-2H3,(H,26,32)/t9-,10+/m1/s1. The van der Waals surface area contributed by atoms with Crippen LogP contribution in [0.4, 0.5) is 8.78 Å². The minimum atomic E-state index is -0.816. The number of hydrogen-bond donors (Lipinski definition) is 2. The van der Waals surface area contributed by atoms with Crippen LogP contribution in [0.15, 0.2) is 35.3 Å². The fourth-order valence-electron chi connectivity index (χ4n) is 3.36. The first-order chi connectivity index (χ1) is 15.2. The smallest absolute Gasteiger partial charge is 0.291 e. The van der Waals surface area contributed by atoms with Gasteiger partial charge in [0.15, 0.2) is 5.82 Å². The third-order valence-electron chi connectivity index (χ3n) is 4.83. The molecule has 0 unspecified atom stereocenters. The van der Waals surface area contributed by atoms with Crippen molar-refractivity contribution in [2.24, 2.45) is 4.99 Å². The van der Waals surface area contributed by atoms with Crippen molar-refractivity contribution in [3.63, 3.8) is 0 Å². The summed E-state index contributed by atoms with van der Waals surface area (Å²) in [5.41, 5.74) is 0.0743. The summed E-state index contributed by atoms with van der Waals surface area (Å²) in [5, 5.41) is 16.4. The first-order valence-electron chi connectivity index (χ1n) is 9.63. The van der Waals surface area contributed by atoms with Crippen molar-refractivity contribution in [1.29, 1.82) is 0 Å². The lowest BCUT2D eigenvalue weighted by atomic mass is 9.99. The summed E-state index contributed by atoms with van der Waals surface area (Å²) in [6, 6.07) is 5.82. The van der Waals surface area contributed by atoms with Gasteiger partial charge in [-0.3, -0.25) is 9.79 Å². The molecule has 3 aromatic rings. The number of amides is 1. The van der Waals surface area contributed by atoms with Crippen molar-refractivity contribution in [2.45, 2.75) is 26.0 Å². The van der Waals surface area contributed by atoms with E-state index >= 15 is 0 Å². The lowest BCUT2D eigenvalue weighted by Crippen LogP contribution is -2.31. The van der Waals surface area contributed by atoms with Crippen LogP contribution in [0.5, 0.6) is 0 Å². The Bertz CT molecular complexity index is 1240. The molecular formula is C21H17Cl2F2N5O2. The van der Waals surface area contributed by atoms with E-state index in [1.807, 2.05) is 0 Å². The molecule has 1 aromatic heterocycles. The van der Waals surface area contributed by atoms with Crippen LogP contribution in [0.1, 0.15) is 47.5 Å². The second kappa shape index (κ2) is 8.57. The molecule has 1 aliphatic heterocycles. The first-order valence-corrected chi connectivity index (χ1v) is 10.4. The summed E-state index contributed by atoms with van der Waals surface area (Å²) < 4.78 is 30.7. The normalized spacial score (nSPS) is 16.0. The summed E-state index contributed by atoms with van der Waals surface area (Å²) in [5.74, 6) is -2.12. The highest BCUT2D eigenvalue weighted by atomic mass is 35.5. The monoisotopic (exact) mass is 479 g/mol. The molecule has 166 valence electrons. The molecule has 0 fully saturated rings. The maximum absolute atomic E-state index is 14.7. The van der Waals surface area contributed by atoms with E-state index in [0.717, 1.165) is 12.1 Å². The van der Waals surface area contributed by atoms with Gasteiger partial charge in [0.2, 0.25) is 5.82 Å². The molecule has 32 heavy (non-hydrogen) atoms. The zero-order valence-corrected chi connectivity index (χ0v) is 18.4. The van der Waals surface area contributed by atoms with Gasteiger partial charge in [-0.25, -0.2) is 18.4 Å². The second-order valence-electron chi connectivity index (χ2n) is 7.27. The van der Waals surface area contributed by atoms with E-state index in [-0.39, 0.29) is 45.1 Å². The second-order valence-corrected chi connectivity index (χ2v) is 8.06. The van der Waals surface area contributed by atoms with Gasteiger partial charge in [0.1, 0.15) is 17.7 Å². The number of halogens is 4. The Kier molecular flexibility index (Phi) is 5.98. The van der Waals surface area contributed by atoms with Crippen molar-refractivity contribution < 1.29 is 18.7 Å². The Morgan fingerprint density at radius 3 is 2.56 bits per heavy atom. The van der Waals surface area contributed by atoms with Crippen molar-refractivity contribution in [2.75, 3.05) is 6.54 Å². The molecule has 4 rings (SSSR count). The van der Waals surface area contributed by atoms with Crippen LogP contribution in [0.3, 0.4) is 0 Å². The number of carbonyl (C=O) groups excluding carboxylic acids is 1. The quantitative estimate of drug-likeness (QED) is 0.593. The number of aliphatic hydroxyl groups is 1. The van der Waals surface area contributed by atoms with Gasteiger partial charge in [0, 0.05) is 12.1 Å². The Morgan fingerprint density at radius 2 is 1.91 bits per heavy atom. The number of nitrogens with zero attached hydrogens (tertiary/aromatic N) is 4. The summed E-state index contributed by atoms with van der Waals surface area (Å²) in [6.45, 7) is 3.20. The fraction of sp³-hybridized carbons (Fsp3) is 0.238. The molecule has 2 heterocycles. The molecule has 7 nitrogen and oxygen atoms in total. The topological polar surface area (TPSA) is 92.4 Å². The molecule has 2 N–H and O–H groups in total. The largest absolute Gasteiger partial charge is 0.392 e. The van der Waals surface area contributed by atoms with Gasteiger partial charge in [0.25, 0.3) is 5.91 Å². The highest BCUT2D eigenvalue weighted by molar-refractivity contribution is 6.45. The van der Waals surface area contributed by atoms with Crippen molar-refractivity contribution in [3.05, 3.63) is 74.8 Å². The van der Waals surface area contributed by atoms with Gasteiger partial charge in [-0.05, 0) is 38.1 Å². The zero-order chi connectivity index (χ0) is 23.2. The third-order valence-corrected chi connectivity index (χ3v) is 5.63. The van der Waals surface area contributed by atoms with E-state index in [1.165, 1.54) is 23.7 Å². The Balaban J connectivity index is 1.94. The van der Waals surface area contributed by atoms with Crippen LogP contribution >= 0.6 is 23.2 Å². The molecule has 0 spiro atoms. The van der Waals surface area contributed by atoms with Gasteiger partial charge in [-0.2, -0.15) is 0 Å². The lowest BCUT2D eigenvalue weighted by Gasteiger charge is -2.14. The first kappa shape index (κ1) is 22.3. The van der Waals surface area contributed by atoms with Crippen LogP contribution in [-0.4, -0.2) is 44.1 Å². The average Bonchev–Trinajstić information content (AvgIpc) is 3.14. The number of carbonyl (C=O) groups is 1. The minimum absolute atomic E-state index is 0.0190. The Labute approximate surface area is 191 Å². The number of aliphatic imine (C=N–C) groups is 1. The third kappa shape index (κ3) is 3.87. The maximum atomic E-state index is 14.7. The Hall–Kier alpha value is -2.88. The number of aliphatic hydroxyl groups excluding tert-OH is 1. The molecule has 1 amide bonds. The van der Waals surface area contributed by atoms with E-state index in [9.17, 15) is 18.7 Å². The van der Waals surface area contributed by atoms with Gasteiger partial charge in [0.05, 0.1) is 33.1 Å². The van der Waals surface area contributed by atoms with Crippen LogP contribution in [0, 0.1) is 11.6 Å². The summed E-state index contributed by atoms with van der Waals surface area (Å²) in [6.07, 6.45) is -0.747. The Morgan fingerprint density at radius 1 is 1.22 bits per heavy atom. The van der Waals surface area contributed by atoms with Crippen molar-refractivity contribution in [3.8, 4) is 5.69 Å². The highest BCUT2D eigenvalue weighted by Gasteiger charge is 2.31. The summed E-state index contributed by atoms with van der Waals surface area (Å²) in [7, 11) is 0. The van der Waals surface area contributed by atoms with Crippen LogP contribution in [0.25, 0.3) is 5.69 Å². The van der Waals surface area contributed by atoms with Gasteiger partial charge >= 0.3 is 0 Å². The zero-order valence-electron chi connectivity index (χ0n) is 16.9. The molecule has 0 saturated heterocycles. The van der Waals surface area contributed by atoms with E-state index in [2.05, 4.69) is 20.4 Å². The van der Waals surface area contributed by atoms with Gasteiger partial charge < -0.3 is 10.4 Å². The number of hydrogen-bond acceptors (Lipinski definition) is 5. The predicted octanol–water partition coefficient (Wildman–Crippen LogP) is 3.87. The lowest BCUT2D eigenvalue weighted by molar-refractivity contribution is 0.0913. The SMILES string of the molecule is C[C@@H]1N=C(c2c(F)cccc2F)c2c(ccc(Cl)c2Cl)-n2nc(C(=O)NC[C@@H](C)O)nc21. The van der Waals surface area contributed by atoms with Crippen LogP contribution in [-0.2, 0) is 0 Å². The molecule has 1 aliphatic rings. The number of rotatable bonds is 4. The van der Waals surface area contributed by atoms with E-state index < -0.39 is 29.7 Å². The predicted molar refractivity (Wildman–Crippen MR) is 116 cm³/mol. The summed E-state index contributed by atoms with van der Waals surface area (Å²) in [4.78, 5) is 21.2. The molecule has 0 saturated carbocycles. The molecule has 0 bridgehead atoms. The maximum Gasteiger partial charge on any atom is 0.291 e. The average molecular weight is 480 g/mol. The minimum Gasteiger partial charge on any atom is -0.392 e.